The lowest BCUT2D eigenvalue weighted by molar-refractivity contribution is 0.314. The first-order valence-corrected chi connectivity index (χ1v) is 7.99. The molecule has 0 unspecified atom stereocenters. The second-order valence-electron chi connectivity index (χ2n) is 4.91. The van der Waals surface area contributed by atoms with E-state index in [1.807, 2.05) is 29.0 Å². The fourth-order valence-electron chi connectivity index (χ4n) is 2.42. The lowest BCUT2D eigenvalue weighted by Crippen LogP contribution is -1.97. The summed E-state index contributed by atoms with van der Waals surface area (Å²) in [7, 11) is 3.21. The first-order valence-electron chi connectivity index (χ1n) is 7.05. The van der Waals surface area contributed by atoms with Crippen molar-refractivity contribution in [1.29, 1.82) is 0 Å². The number of thiophene rings is 1. The lowest BCUT2D eigenvalue weighted by Gasteiger charge is -2.12. The predicted octanol–water partition coefficient (Wildman–Crippen LogP) is 3.43. The molecule has 0 aliphatic carbocycles. The van der Waals surface area contributed by atoms with Crippen molar-refractivity contribution >= 4 is 22.6 Å². The summed E-state index contributed by atoms with van der Waals surface area (Å²) in [5.74, 6) is 1.33. The van der Waals surface area contributed by atoms with E-state index in [4.69, 9.17) is 14.1 Å². The van der Waals surface area contributed by atoms with Gasteiger partial charge in [0.1, 0.15) is 22.9 Å². The Hall–Kier alpha value is -3.00. The number of methoxy groups -OCH3 is 2. The number of benzene rings is 1. The molecule has 0 spiro atoms. The van der Waals surface area contributed by atoms with Crippen LogP contribution in [0.5, 0.6) is 11.5 Å². The van der Waals surface area contributed by atoms with E-state index >= 15 is 0 Å². The van der Waals surface area contributed by atoms with Gasteiger partial charge in [-0.2, -0.15) is 11.3 Å². The minimum absolute atomic E-state index is 0.349. The maximum absolute atomic E-state index is 5.50. The van der Waals surface area contributed by atoms with E-state index in [0.29, 0.717) is 34.2 Å². The Morgan fingerprint density at radius 1 is 0.958 bits per heavy atom. The summed E-state index contributed by atoms with van der Waals surface area (Å²) in [6.45, 7) is 0. The summed E-state index contributed by atoms with van der Waals surface area (Å²) in [5, 5.41) is 11.6. The zero-order valence-electron chi connectivity index (χ0n) is 12.9. The molecule has 0 amide bonds. The fourth-order valence-corrected chi connectivity index (χ4v) is 3.06. The van der Waals surface area contributed by atoms with Crippen LogP contribution in [0.3, 0.4) is 0 Å². The summed E-state index contributed by atoms with van der Waals surface area (Å²) in [6.07, 6.45) is 0. The zero-order valence-corrected chi connectivity index (χ0v) is 13.7. The van der Waals surface area contributed by atoms with Gasteiger partial charge in [-0.1, -0.05) is 0 Å². The standard InChI is InChI=1S/C16H12N4O3S/c1-21-10-3-4-11(12(7-10)22-2)14-13(9-5-6-24-8-9)17-15-16(18-14)20-23-19-15/h3-8H,1-2H3. The highest BCUT2D eigenvalue weighted by Gasteiger charge is 2.19. The van der Waals surface area contributed by atoms with Crippen LogP contribution in [0.1, 0.15) is 0 Å². The molecular formula is C16H12N4O3S. The Kier molecular flexibility index (Phi) is 3.58. The SMILES string of the molecule is COc1ccc(-c2nc3nonc3nc2-c2ccsc2)c(OC)c1. The molecule has 4 rings (SSSR count). The lowest BCUT2D eigenvalue weighted by atomic mass is 10.0. The first kappa shape index (κ1) is 14.6. The van der Waals surface area contributed by atoms with Crippen molar-refractivity contribution in [1.82, 2.24) is 20.3 Å². The van der Waals surface area contributed by atoms with Gasteiger partial charge in [0.2, 0.25) is 11.3 Å². The number of aromatic nitrogens is 4. The van der Waals surface area contributed by atoms with Gasteiger partial charge in [-0.25, -0.2) is 14.6 Å². The normalized spacial score (nSPS) is 10.9. The molecule has 0 aliphatic heterocycles. The molecule has 4 aromatic rings. The van der Waals surface area contributed by atoms with Crippen LogP contribution < -0.4 is 9.47 Å². The number of hydrogen-bond acceptors (Lipinski definition) is 8. The van der Waals surface area contributed by atoms with Gasteiger partial charge in [-0.3, -0.25) is 0 Å². The molecule has 0 N–H and O–H groups in total. The van der Waals surface area contributed by atoms with Crippen molar-refractivity contribution < 1.29 is 14.1 Å². The van der Waals surface area contributed by atoms with Crippen LogP contribution in [0.4, 0.5) is 0 Å². The molecule has 120 valence electrons. The summed E-state index contributed by atoms with van der Waals surface area (Å²) >= 11 is 1.58. The van der Waals surface area contributed by atoms with Gasteiger partial charge in [0, 0.05) is 22.6 Å². The molecule has 0 fully saturated rings. The van der Waals surface area contributed by atoms with E-state index in [2.05, 4.69) is 20.3 Å². The van der Waals surface area contributed by atoms with Gasteiger partial charge >= 0.3 is 0 Å². The van der Waals surface area contributed by atoms with Gasteiger partial charge in [-0.15, -0.1) is 0 Å². The van der Waals surface area contributed by atoms with Gasteiger partial charge in [0.25, 0.3) is 0 Å². The molecule has 7 nitrogen and oxygen atoms in total. The molecule has 0 radical (unpaired) electrons. The maximum Gasteiger partial charge on any atom is 0.243 e. The largest absolute Gasteiger partial charge is 0.497 e. The Morgan fingerprint density at radius 3 is 2.42 bits per heavy atom. The summed E-state index contributed by atoms with van der Waals surface area (Å²) in [4.78, 5) is 9.14. The third kappa shape index (κ3) is 2.37. The zero-order chi connectivity index (χ0) is 16.5. The minimum Gasteiger partial charge on any atom is -0.497 e. The van der Waals surface area contributed by atoms with Crippen LogP contribution in [-0.2, 0) is 0 Å². The number of nitrogens with zero attached hydrogens (tertiary/aromatic N) is 4. The van der Waals surface area contributed by atoms with Crippen LogP contribution in [0.15, 0.2) is 39.7 Å². The predicted molar refractivity (Wildman–Crippen MR) is 89.2 cm³/mol. The number of fused-ring (bicyclic) bond motifs is 1. The van der Waals surface area contributed by atoms with Crippen molar-refractivity contribution in [2.45, 2.75) is 0 Å². The van der Waals surface area contributed by atoms with Crippen LogP contribution in [-0.4, -0.2) is 34.5 Å². The third-order valence-corrected chi connectivity index (χ3v) is 4.26. The van der Waals surface area contributed by atoms with Gasteiger partial charge in [0.05, 0.1) is 14.2 Å². The Bertz CT molecular complexity index is 998. The second-order valence-corrected chi connectivity index (χ2v) is 5.69. The Morgan fingerprint density at radius 2 is 1.75 bits per heavy atom. The molecule has 0 aliphatic rings. The number of rotatable bonds is 4. The van der Waals surface area contributed by atoms with E-state index in [1.165, 1.54) is 0 Å². The van der Waals surface area contributed by atoms with Crippen LogP contribution >= 0.6 is 11.3 Å². The molecule has 0 saturated carbocycles. The maximum atomic E-state index is 5.50. The molecule has 0 saturated heterocycles. The van der Waals surface area contributed by atoms with E-state index in [1.54, 1.807) is 31.6 Å². The van der Waals surface area contributed by atoms with Crippen molar-refractivity contribution in [2.75, 3.05) is 14.2 Å². The highest BCUT2D eigenvalue weighted by molar-refractivity contribution is 7.08. The molecule has 8 heteroatoms. The molecule has 3 heterocycles. The summed E-state index contributed by atoms with van der Waals surface area (Å²) in [6, 6.07) is 7.52. The van der Waals surface area contributed by atoms with E-state index in [9.17, 15) is 0 Å². The number of hydrogen-bond donors (Lipinski definition) is 0. The van der Waals surface area contributed by atoms with E-state index in [-0.39, 0.29) is 0 Å². The average molecular weight is 340 g/mol. The molecule has 0 atom stereocenters. The molecule has 24 heavy (non-hydrogen) atoms. The van der Waals surface area contributed by atoms with Crippen LogP contribution in [0.2, 0.25) is 0 Å². The Labute approximate surface area is 140 Å². The van der Waals surface area contributed by atoms with Crippen LogP contribution in [0, 0.1) is 0 Å². The van der Waals surface area contributed by atoms with Gasteiger partial charge in [0.15, 0.2) is 0 Å². The van der Waals surface area contributed by atoms with Crippen molar-refractivity contribution in [3.05, 3.63) is 35.0 Å². The smallest absolute Gasteiger partial charge is 0.243 e. The van der Waals surface area contributed by atoms with E-state index in [0.717, 1.165) is 11.1 Å². The van der Waals surface area contributed by atoms with Crippen LogP contribution in [0.25, 0.3) is 33.8 Å². The first-order chi connectivity index (χ1) is 11.8. The topological polar surface area (TPSA) is 83.2 Å². The molecular weight excluding hydrogens is 328 g/mol. The highest BCUT2D eigenvalue weighted by Crippen LogP contribution is 2.38. The molecule has 1 aromatic carbocycles. The summed E-state index contributed by atoms with van der Waals surface area (Å²) in [5.41, 5.74) is 3.80. The minimum atomic E-state index is 0.349. The third-order valence-electron chi connectivity index (χ3n) is 3.57. The fraction of sp³-hybridized carbons (Fsp3) is 0.125. The quantitative estimate of drug-likeness (QED) is 0.563. The Balaban J connectivity index is 2.00. The monoisotopic (exact) mass is 340 g/mol. The van der Waals surface area contributed by atoms with Crippen molar-refractivity contribution in [3.63, 3.8) is 0 Å². The summed E-state index contributed by atoms with van der Waals surface area (Å²) < 4.78 is 15.5. The van der Waals surface area contributed by atoms with Gasteiger partial charge < -0.3 is 9.47 Å². The van der Waals surface area contributed by atoms with Crippen molar-refractivity contribution in [3.8, 4) is 34.0 Å². The highest BCUT2D eigenvalue weighted by atomic mass is 32.1. The average Bonchev–Trinajstić information content (AvgIpc) is 3.31. The second kappa shape index (κ2) is 5.89. The molecule has 0 bridgehead atoms. The molecule has 3 aromatic heterocycles. The van der Waals surface area contributed by atoms with Gasteiger partial charge in [-0.05, 0) is 33.9 Å². The van der Waals surface area contributed by atoms with E-state index < -0.39 is 0 Å². The van der Waals surface area contributed by atoms with Crippen molar-refractivity contribution in [2.24, 2.45) is 0 Å². The number of ether oxygens (including phenoxy) is 2.